The van der Waals surface area contributed by atoms with Crippen molar-refractivity contribution in [2.45, 2.75) is 6.92 Å². The van der Waals surface area contributed by atoms with Crippen molar-refractivity contribution in [3.05, 3.63) is 50.7 Å². The van der Waals surface area contributed by atoms with E-state index in [2.05, 4.69) is 15.3 Å². The van der Waals surface area contributed by atoms with Crippen molar-refractivity contribution in [1.29, 1.82) is 0 Å². The molecule has 0 amide bonds. The van der Waals surface area contributed by atoms with Crippen molar-refractivity contribution in [2.24, 2.45) is 0 Å². The van der Waals surface area contributed by atoms with Gasteiger partial charge in [0, 0.05) is 0 Å². The quantitative estimate of drug-likeness (QED) is 0.719. The Kier molecular flexibility index (Phi) is 2.67. The molecule has 0 aliphatic carbocycles. The van der Waals surface area contributed by atoms with Crippen molar-refractivity contribution in [1.82, 2.24) is 20.0 Å². The molecule has 0 atom stereocenters. The van der Waals surface area contributed by atoms with E-state index in [1.54, 1.807) is 43.0 Å². The lowest BCUT2D eigenvalue weighted by atomic mass is 10.2. The minimum Gasteiger partial charge on any atom is -0.497 e. The maximum absolute atomic E-state index is 11.8. The number of fused-ring (bicyclic) bond motifs is 1. The van der Waals surface area contributed by atoms with E-state index in [1.807, 2.05) is 0 Å². The van der Waals surface area contributed by atoms with E-state index in [9.17, 15) is 9.59 Å². The van der Waals surface area contributed by atoms with E-state index in [4.69, 9.17) is 4.74 Å². The Balaban J connectivity index is 2.29. The van der Waals surface area contributed by atoms with Gasteiger partial charge in [0.05, 0.1) is 23.9 Å². The van der Waals surface area contributed by atoms with Crippen molar-refractivity contribution >= 4 is 10.9 Å². The fourth-order valence-electron chi connectivity index (χ4n) is 2.14. The predicted molar refractivity (Wildman–Crippen MR) is 73.6 cm³/mol. The van der Waals surface area contributed by atoms with Crippen LogP contribution in [0.1, 0.15) is 5.69 Å². The van der Waals surface area contributed by atoms with Gasteiger partial charge in [0.25, 0.3) is 11.1 Å². The lowest BCUT2D eigenvalue weighted by Crippen LogP contribution is -2.18. The van der Waals surface area contributed by atoms with Crippen molar-refractivity contribution in [3.63, 3.8) is 0 Å². The van der Waals surface area contributed by atoms with E-state index in [-0.39, 0.29) is 11.1 Å². The van der Waals surface area contributed by atoms with E-state index in [0.717, 1.165) is 11.4 Å². The van der Waals surface area contributed by atoms with E-state index in [0.29, 0.717) is 11.1 Å². The van der Waals surface area contributed by atoms with Gasteiger partial charge in [-0.1, -0.05) is 0 Å². The third-order valence-electron chi connectivity index (χ3n) is 3.17. The van der Waals surface area contributed by atoms with Gasteiger partial charge >= 0.3 is 0 Å². The molecule has 0 aliphatic rings. The highest BCUT2D eigenvalue weighted by atomic mass is 16.5. The number of hydrogen-bond acceptors (Lipinski definition) is 4. The number of nitrogens with zero attached hydrogens (tertiary/aromatic N) is 2. The first-order valence-corrected chi connectivity index (χ1v) is 5.96. The summed E-state index contributed by atoms with van der Waals surface area (Å²) >= 11 is 0. The third kappa shape index (κ3) is 1.71. The zero-order valence-electron chi connectivity index (χ0n) is 10.9. The highest BCUT2D eigenvalue weighted by molar-refractivity contribution is 5.79. The first kappa shape index (κ1) is 12.2. The van der Waals surface area contributed by atoms with E-state index in [1.165, 1.54) is 0 Å². The second-order valence-corrected chi connectivity index (χ2v) is 4.33. The number of aryl methyl sites for hydroxylation is 1. The highest BCUT2D eigenvalue weighted by Gasteiger charge is 2.14. The Morgan fingerprint density at radius 3 is 2.35 bits per heavy atom. The molecule has 102 valence electrons. The largest absolute Gasteiger partial charge is 0.497 e. The number of aromatic amines is 2. The van der Waals surface area contributed by atoms with Gasteiger partial charge in [0.15, 0.2) is 5.52 Å². The molecule has 0 saturated heterocycles. The molecule has 0 fully saturated rings. The van der Waals surface area contributed by atoms with Crippen LogP contribution in [0.3, 0.4) is 0 Å². The molecule has 2 N–H and O–H groups in total. The number of H-pyrrole nitrogens is 2. The Morgan fingerprint density at radius 1 is 1.10 bits per heavy atom. The summed E-state index contributed by atoms with van der Waals surface area (Å²) < 4.78 is 6.66. The zero-order valence-corrected chi connectivity index (χ0v) is 10.9. The minimum atomic E-state index is -0.421. The summed E-state index contributed by atoms with van der Waals surface area (Å²) in [5, 5.41) is 9.07. The molecule has 7 heteroatoms. The first-order valence-electron chi connectivity index (χ1n) is 5.96. The molecule has 20 heavy (non-hydrogen) atoms. The molecule has 2 aromatic heterocycles. The summed E-state index contributed by atoms with van der Waals surface area (Å²) in [6.45, 7) is 1.74. The molecule has 0 spiro atoms. The Labute approximate surface area is 112 Å². The molecule has 0 radical (unpaired) electrons. The summed E-state index contributed by atoms with van der Waals surface area (Å²) in [6, 6.07) is 7.19. The average molecular weight is 272 g/mol. The van der Waals surface area contributed by atoms with E-state index < -0.39 is 5.56 Å². The number of rotatable bonds is 2. The standard InChI is InChI=1S/C13H12N4O3/c1-7-10-11(13(19)15-14-12(10)18)16-17(7)8-3-5-9(20-2)6-4-8/h3-6H,1-2H3,(H,14,18)(H,15,19). The number of aromatic nitrogens is 4. The smallest absolute Gasteiger partial charge is 0.291 e. The van der Waals surface area contributed by atoms with Crippen LogP contribution in [0, 0.1) is 6.92 Å². The van der Waals surface area contributed by atoms with Crippen LogP contribution in [0.25, 0.3) is 16.6 Å². The summed E-state index contributed by atoms with van der Waals surface area (Å²) in [4.78, 5) is 23.5. The normalized spacial score (nSPS) is 10.9. The molecular formula is C13H12N4O3. The molecule has 3 rings (SSSR count). The molecule has 0 aliphatic heterocycles. The fourth-order valence-corrected chi connectivity index (χ4v) is 2.14. The minimum absolute atomic E-state index is 0.127. The second kappa shape index (κ2) is 4.37. The van der Waals surface area contributed by atoms with Crippen LogP contribution in [0.5, 0.6) is 5.75 Å². The van der Waals surface area contributed by atoms with Gasteiger partial charge in [-0.3, -0.25) is 19.8 Å². The molecular weight excluding hydrogens is 260 g/mol. The molecule has 1 aromatic carbocycles. The van der Waals surface area contributed by atoms with Gasteiger partial charge in [-0.15, -0.1) is 0 Å². The number of ether oxygens (including phenoxy) is 1. The topological polar surface area (TPSA) is 92.8 Å². The molecule has 0 unspecified atom stereocenters. The van der Waals surface area contributed by atoms with Gasteiger partial charge in [0.1, 0.15) is 5.75 Å². The fraction of sp³-hybridized carbons (Fsp3) is 0.154. The van der Waals surface area contributed by atoms with Gasteiger partial charge in [-0.05, 0) is 31.2 Å². The number of hydrogen-bond donors (Lipinski definition) is 2. The van der Waals surface area contributed by atoms with Crippen molar-refractivity contribution in [3.8, 4) is 11.4 Å². The van der Waals surface area contributed by atoms with Gasteiger partial charge in [-0.2, -0.15) is 5.10 Å². The van der Waals surface area contributed by atoms with E-state index >= 15 is 0 Å². The summed E-state index contributed by atoms with van der Waals surface area (Å²) in [7, 11) is 1.58. The predicted octanol–water partition coefficient (Wildman–Crippen LogP) is 0.719. The Hall–Kier alpha value is -2.83. The second-order valence-electron chi connectivity index (χ2n) is 4.33. The van der Waals surface area contributed by atoms with Crippen LogP contribution in [0.2, 0.25) is 0 Å². The van der Waals surface area contributed by atoms with Crippen molar-refractivity contribution < 1.29 is 4.74 Å². The molecule has 2 heterocycles. The van der Waals surface area contributed by atoms with Crippen molar-refractivity contribution in [2.75, 3.05) is 7.11 Å². The molecule has 3 aromatic rings. The average Bonchev–Trinajstić information content (AvgIpc) is 2.82. The summed E-state index contributed by atoms with van der Waals surface area (Å²) in [5.41, 5.74) is 0.699. The monoisotopic (exact) mass is 272 g/mol. The van der Waals surface area contributed by atoms with Gasteiger partial charge in [0.2, 0.25) is 0 Å². The number of methoxy groups -OCH3 is 1. The molecule has 7 nitrogen and oxygen atoms in total. The Bertz CT molecular complexity index is 887. The highest BCUT2D eigenvalue weighted by Crippen LogP contribution is 2.18. The zero-order chi connectivity index (χ0) is 14.3. The third-order valence-corrected chi connectivity index (χ3v) is 3.17. The molecule has 0 bridgehead atoms. The molecule has 0 saturated carbocycles. The summed E-state index contributed by atoms with van der Waals surface area (Å²) in [6.07, 6.45) is 0. The van der Waals surface area contributed by atoms with Crippen LogP contribution in [0.15, 0.2) is 33.9 Å². The van der Waals surface area contributed by atoms with Crippen LogP contribution in [0.4, 0.5) is 0 Å². The first-order chi connectivity index (χ1) is 9.61. The SMILES string of the molecule is COc1ccc(-n2nc3c(=O)[nH][nH]c(=O)c3c2C)cc1. The van der Waals surface area contributed by atoms with Gasteiger partial charge in [-0.25, -0.2) is 4.68 Å². The number of benzene rings is 1. The van der Waals surface area contributed by atoms with Crippen LogP contribution < -0.4 is 15.9 Å². The van der Waals surface area contributed by atoms with Crippen LogP contribution >= 0.6 is 0 Å². The maximum Gasteiger partial charge on any atom is 0.291 e. The lowest BCUT2D eigenvalue weighted by Gasteiger charge is -2.05. The number of nitrogens with one attached hydrogen (secondary N) is 2. The van der Waals surface area contributed by atoms with Crippen LogP contribution in [-0.2, 0) is 0 Å². The lowest BCUT2D eigenvalue weighted by molar-refractivity contribution is 0.414. The summed E-state index contributed by atoms with van der Waals surface area (Å²) in [5.74, 6) is 0.721. The Morgan fingerprint density at radius 2 is 1.75 bits per heavy atom. The van der Waals surface area contributed by atoms with Crippen LogP contribution in [-0.4, -0.2) is 27.1 Å². The van der Waals surface area contributed by atoms with Gasteiger partial charge < -0.3 is 4.74 Å². The maximum atomic E-state index is 11.8.